The van der Waals surface area contributed by atoms with Crippen molar-refractivity contribution in [3.8, 4) is 11.8 Å². The summed E-state index contributed by atoms with van der Waals surface area (Å²) in [4.78, 5) is 9.91. The Bertz CT molecular complexity index is 436. The van der Waals surface area contributed by atoms with Gasteiger partial charge in [0.15, 0.2) is 0 Å². The van der Waals surface area contributed by atoms with Crippen LogP contribution in [0.5, 0.6) is 5.75 Å². The zero-order chi connectivity index (χ0) is 11.4. The Morgan fingerprint density at radius 1 is 1.67 bits per heavy atom. The van der Waals surface area contributed by atoms with E-state index >= 15 is 0 Å². The highest BCUT2D eigenvalue weighted by atomic mass is 16.6. The number of methoxy groups -OCH3 is 1. The minimum Gasteiger partial charge on any atom is -0.496 e. The third kappa shape index (κ3) is 1.87. The van der Waals surface area contributed by atoms with Crippen LogP contribution in [0.4, 0.5) is 5.69 Å². The summed E-state index contributed by atoms with van der Waals surface area (Å²) in [6.45, 7) is -0.478. The van der Waals surface area contributed by atoms with Crippen LogP contribution in [-0.4, -0.2) is 17.1 Å². The van der Waals surface area contributed by atoms with Gasteiger partial charge in [0.25, 0.3) is 5.69 Å². The van der Waals surface area contributed by atoms with Crippen LogP contribution in [0, 0.1) is 21.4 Å². The number of hydrogen-bond donors (Lipinski definition) is 1. The van der Waals surface area contributed by atoms with Gasteiger partial charge in [-0.25, -0.2) is 0 Å². The number of rotatable bonds is 3. The quantitative estimate of drug-likeness (QED) is 0.589. The van der Waals surface area contributed by atoms with Crippen molar-refractivity contribution in [3.63, 3.8) is 0 Å². The Balaban J connectivity index is 3.50. The fourth-order valence-corrected chi connectivity index (χ4v) is 1.24. The van der Waals surface area contributed by atoms with Gasteiger partial charge in [-0.05, 0) is 6.07 Å². The average Bonchev–Trinajstić information content (AvgIpc) is 2.26. The molecule has 0 amide bonds. The van der Waals surface area contributed by atoms with Gasteiger partial charge >= 0.3 is 0 Å². The lowest BCUT2D eigenvalue weighted by Crippen LogP contribution is -2.00. The minimum absolute atomic E-state index is 0.134. The summed E-state index contributed by atoms with van der Waals surface area (Å²) in [6.07, 6.45) is 0. The number of nitrogens with zero attached hydrogens (tertiary/aromatic N) is 2. The van der Waals surface area contributed by atoms with E-state index in [-0.39, 0.29) is 22.6 Å². The molecule has 1 N–H and O–H groups in total. The Morgan fingerprint density at radius 3 is 2.73 bits per heavy atom. The second-order valence-corrected chi connectivity index (χ2v) is 2.67. The Hall–Kier alpha value is -2.13. The van der Waals surface area contributed by atoms with Crippen molar-refractivity contribution in [3.05, 3.63) is 33.4 Å². The molecular weight excluding hydrogens is 200 g/mol. The first-order valence-corrected chi connectivity index (χ1v) is 4.01. The van der Waals surface area contributed by atoms with E-state index in [1.54, 1.807) is 6.07 Å². The number of aliphatic hydroxyl groups is 1. The summed E-state index contributed by atoms with van der Waals surface area (Å²) in [6, 6.07) is 4.22. The Morgan fingerprint density at radius 2 is 2.33 bits per heavy atom. The molecule has 0 heterocycles. The molecular formula is C9H8N2O4. The first kappa shape index (κ1) is 10.9. The molecule has 0 radical (unpaired) electrons. The fourth-order valence-electron chi connectivity index (χ4n) is 1.24. The Kier molecular flexibility index (Phi) is 3.21. The maximum absolute atomic E-state index is 10.6. The average molecular weight is 208 g/mol. The van der Waals surface area contributed by atoms with E-state index in [4.69, 9.17) is 15.1 Å². The van der Waals surface area contributed by atoms with Crippen molar-refractivity contribution in [2.45, 2.75) is 6.61 Å². The molecule has 0 aromatic heterocycles. The van der Waals surface area contributed by atoms with Crippen LogP contribution in [-0.2, 0) is 6.61 Å². The molecule has 1 rings (SSSR count). The number of benzene rings is 1. The van der Waals surface area contributed by atoms with Crippen LogP contribution < -0.4 is 4.74 Å². The number of aliphatic hydroxyl groups excluding tert-OH is 1. The van der Waals surface area contributed by atoms with Gasteiger partial charge in [-0.15, -0.1) is 0 Å². The van der Waals surface area contributed by atoms with Crippen LogP contribution >= 0.6 is 0 Å². The topological polar surface area (TPSA) is 96.4 Å². The number of ether oxygens (including phenoxy) is 1. The molecule has 78 valence electrons. The number of hydrogen-bond acceptors (Lipinski definition) is 5. The van der Waals surface area contributed by atoms with Gasteiger partial charge in [0, 0.05) is 11.6 Å². The molecule has 0 saturated carbocycles. The van der Waals surface area contributed by atoms with Crippen LogP contribution in [0.25, 0.3) is 0 Å². The standard InChI is InChI=1S/C9H8N2O4/c1-15-9-3-2-8(11(13)14)6(4-10)7(9)5-12/h2-3,12H,5H2,1H3. The van der Waals surface area contributed by atoms with Gasteiger partial charge in [0.05, 0.1) is 18.6 Å². The van der Waals surface area contributed by atoms with Crippen LogP contribution in [0.2, 0.25) is 0 Å². The lowest BCUT2D eigenvalue weighted by atomic mass is 10.1. The number of nitro benzene ring substituents is 1. The third-order valence-electron chi connectivity index (χ3n) is 1.93. The molecule has 0 bridgehead atoms. The molecule has 0 aliphatic rings. The van der Waals surface area contributed by atoms with Crippen molar-refractivity contribution in [2.24, 2.45) is 0 Å². The first-order valence-electron chi connectivity index (χ1n) is 4.01. The minimum atomic E-state index is -0.669. The molecule has 1 aromatic rings. The predicted octanol–water partition coefficient (Wildman–Crippen LogP) is 0.967. The molecule has 0 aliphatic heterocycles. The van der Waals surface area contributed by atoms with E-state index in [1.165, 1.54) is 19.2 Å². The zero-order valence-corrected chi connectivity index (χ0v) is 7.93. The van der Waals surface area contributed by atoms with Crippen molar-refractivity contribution in [2.75, 3.05) is 7.11 Å². The van der Waals surface area contributed by atoms with E-state index < -0.39 is 11.5 Å². The normalized spacial score (nSPS) is 9.40. The predicted molar refractivity (Wildman–Crippen MR) is 50.3 cm³/mol. The van der Waals surface area contributed by atoms with Crippen molar-refractivity contribution >= 4 is 5.69 Å². The van der Waals surface area contributed by atoms with Crippen molar-refractivity contribution in [1.29, 1.82) is 5.26 Å². The highest BCUT2D eigenvalue weighted by Gasteiger charge is 2.20. The Labute approximate surface area is 85.5 Å². The number of nitriles is 1. The molecule has 0 saturated heterocycles. The maximum atomic E-state index is 10.6. The lowest BCUT2D eigenvalue weighted by molar-refractivity contribution is -0.385. The van der Waals surface area contributed by atoms with Gasteiger partial charge < -0.3 is 9.84 Å². The summed E-state index contributed by atoms with van der Waals surface area (Å²) in [5, 5.41) is 28.4. The van der Waals surface area contributed by atoms with Gasteiger partial charge in [0.1, 0.15) is 17.4 Å². The van der Waals surface area contributed by atoms with Crippen LogP contribution in [0.1, 0.15) is 11.1 Å². The van der Waals surface area contributed by atoms with Gasteiger partial charge in [0.2, 0.25) is 0 Å². The lowest BCUT2D eigenvalue weighted by Gasteiger charge is -2.07. The van der Waals surface area contributed by atoms with Crippen LogP contribution in [0.3, 0.4) is 0 Å². The highest BCUT2D eigenvalue weighted by Crippen LogP contribution is 2.29. The first-order chi connectivity index (χ1) is 7.15. The molecule has 15 heavy (non-hydrogen) atoms. The van der Waals surface area contributed by atoms with E-state index in [9.17, 15) is 10.1 Å². The molecule has 0 aliphatic carbocycles. The maximum Gasteiger partial charge on any atom is 0.287 e. The molecule has 1 aromatic carbocycles. The third-order valence-corrected chi connectivity index (χ3v) is 1.93. The largest absolute Gasteiger partial charge is 0.496 e. The molecule has 0 fully saturated rings. The monoisotopic (exact) mass is 208 g/mol. The van der Waals surface area contributed by atoms with E-state index in [0.29, 0.717) is 0 Å². The molecule has 0 spiro atoms. The SMILES string of the molecule is COc1ccc([N+](=O)[O-])c(C#N)c1CO. The smallest absolute Gasteiger partial charge is 0.287 e. The number of nitro groups is 1. The summed E-state index contributed by atoms with van der Waals surface area (Å²) < 4.78 is 4.88. The fraction of sp³-hybridized carbons (Fsp3) is 0.222. The van der Waals surface area contributed by atoms with Crippen molar-refractivity contribution < 1.29 is 14.8 Å². The summed E-state index contributed by atoms with van der Waals surface area (Å²) >= 11 is 0. The second kappa shape index (κ2) is 4.39. The summed E-state index contributed by atoms with van der Waals surface area (Å²) in [5.74, 6) is 0.264. The van der Waals surface area contributed by atoms with Gasteiger partial charge in [-0.3, -0.25) is 10.1 Å². The van der Waals surface area contributed by atoms with Crippen molar-refractivity contribution in [1.82, 2.24) is 0 Å². The second-order valence-electron chi connectivity index (χ2n) is 2.67. The summed E-state index contributed by atoms with van der Waals surface area (Å²) in [7, 11) is 1.36. The van der Waals surface area contributed by atoms with E-state index in [2.05, 4.69) is 0 Å². The van der Waals surface area contributed by atoms with E-state index in [0.717, 1.165) is 0 Å². The summed E-state index contributed by atoms with van der Waals surface area (Å²) in [5.41, 5.74) is -0.363. The van der Waals surface area contributed by atoms with Gasteiger partial charge in [-0.2, -0.15) is 5.26 Å². The molecule has 6 nitrogen and oxygen atoms in total. The highest BCUT2D eigenvalue weighted by molar-refractivity contribution is 5.58. The molecule has 0 atom stereocenters. The molecule has 0 unspecified atom stereocenters. The van der Waals surface area contributed by atoms with Crippen LogP contribution in [0.15, 0.2) is 12.1 Å². The molecule has 6 heteroatoms. The zero-order valence-electron chi connectivity index (χ0n) is 7.93. The van der Waals surface area contributed by atoms with E-state index in [1.807, 2.05) is 0 Å². The van der Waals surface area contributed by atoms with Gasteiger partial charge in [-0.1, -0.05) is 0 Å².